The Morgan fingerprint density at radius 3 is 2.67 bits per heavy atom. The molecule has 0 aromatic heterocycles. The van der Waals surface area contributed by atoms with Crippen molar-refractivity contribution in [2.24, 2.45) is 4.99 Å². The normalized spacial score (nSPS) is 15.1. The molecule has 0 amide bonds. The molecule has 2 rings (SSSR count). The first-order chi connectivity index (χ1) is 7.25. The van der Waals surface area contributed by atoms with Gasteiger partial charge < -0.3 is 0 Å². The van der Waals surface area contributed by atoms with Gasteiger partial charge in [0.25, 0.3) is 0 Å². The average molecular weight is 266 g/mol. The predicted molar refractivity (Wildman–Crippen MR) is 64.6 cm³/mol. The Labute approximate surface area is 97.5 Å². The van der Waals surface area contributed by atoms with Crippen LogP contribution in [0.1, 0.15) is 29.6 Å². The van der Waals surface area contributed by atoms with Gasteiger partial charge in [-0.1, -0.05) is 28.1 Å². The van der Waals surface area contributed by atoms with Gasteiger partial charge in [-0.05, 0) is 25.0 Å². The van der Waals surface area contributed by atoms with Crippen LogP contribution in [0.25, 0.3) is 0 Å². The molecule has 1 aliphatic rings. The summed E-state index contributed by atoms with van der Waals surface area (Å²) in [4.78, 5) is 16.1. The zero-order chi connectivity index (χ0) is 10.7. The van der Waals surface area contributed by atoms with Gasteiger partial charge in [0.05, 0.1) is 0 Å². The van der Waals surface area contributed by atoms with Crippen molar-refractivity contribution in [3.8, 4) is 0 Å². The summed E-state index contributed by atoms with van der Waals surface area (Å²) >= 11 is 3.35. The van der Waals surface area contributed by atoms with E-state index in [4.69, 9.17) is 0 Å². The third-order valence-electron chi connectivity index (χ3n) is 2.49. The number of ketones is 1. The van der Waals surface area contributed by atoms with Crippen molar-refractivity contribution in [3.63, 3.8) is 0 Å². The van der Waals surface area contributed by atoms with Crippen LogP contribution in [0.15, 0.2) is 33.7 Å². The molecule has 1 aromatic carbocycles. The standard InChI is InChI=1S/C12H12BrNO/c13-10-5-3-9(4-6-10)12(15)8-11-2-1-7-14-11/h3-6H,1-2,7-8H2. The van der Waals surface area contributed by atoms with Crippen LogP contribution >= 0.6 is 15.9 Å². The van der Waals surface area contributed by atoms with E-state index in [0.717, 1.165) is 35.1 Å². The monoisotopic (exact) mass is 265 g/mol. The number of hydrogen-bond acceptors (Lipinski definition) is 2. The lowest BCUT2D eigenvalue weighted by atomic mass is 10.0. The molecule has 0 saturated carbocycles. The molecule has 1 aliphatic heterocycles. The maximum atomic E-state index is 11.8. The van der Waals surface area contributed by atoms with Crippen molar-refractivity contribution in [1.82, 2.24) is 0 Å². The first-order valence-electron chi connectivity index (χ1n) is 5.06. The highest BCUT2D eigenvalue weighted by molar-refractivity contribution is 9.10. The van der Waals surface area contributed by atoms with Crippen LogP contribution in [0.2, 0.25) is 0 Å². The van der Waals surface area contributed by atoms with Crippen LogP contribution in [0.5, 0.6) is 0 Å². The van der Waals surface area contributed by atoms with E-state index < -0.39 is 0 Å². The van der Waals surface area contributed by atoms with E-state index in [1.54, 1.807) is 0 Å². The summed E-state index contributed by atoms with van der Waals surface area (Å²) in [6, 6.07) is 7.48. The molecule has 1 aromatic rings. The van der Waals surface area contributed by atoms with E-state index in [9.17, 15) is 4.79 Å². The third kappa shape index (κ3) is 2.75. The highest BCUT2D eigenvalue weighted by Gasteiger charge is 2.12. The van der Waals surface area contributed by atoms with Crippen molar-refractivity contribution in [1.29, 1.82) is 0 Å². The Bertz CT molecular complexity index is 395. The van der Waals surface area contributed by atoms with Gasteiger partial charge in [0, 0.05) is 28.7 Å². The summed E-state index contributed by atoms with van der Waals surface area (Å²) in [5, 5.41) is 0. The second-order valence-corrected chi connectivity index (χ2v) is 4.57. The molecule has 0 fully saturated rings. The molecule has 78 valence electrons. The molecule has 0 unspecified atom stereocenters. The number of halogens is 1. The van der Waals surface area contributed by atoms with Crippen LogP contribution in [0.3, 0.4) is 0 Å². The number of Topliss-reactive ketones (excluding diaryl/α,β-unsaturated/α-hetero) is 1. The second-order valence-electron chi connectivity index (χ2n) is 3.66. The van der Waals surface area contributed by atoms with Crippen LogP contribution in [0, 0.1) is 0 Å². The van der Waals surface area contributed by atoms with Crippen LogP contribution in [-0.4, -0.2) is 18.0 Å². The summed E-state index contributed by atoms with van der Waals surface area (Å²) in [7, 11) is 0. The summed E-state index contributed by atoms with van der Waals surface area (Å²) in [5.74, 6) is 0.170. The Hall–Kier alpha value is -0.960. The number of rotatable bonds is 3. The van der Waals surface area contributed by atoms with Crippen molar-refractivity contribution in [3.05, 3.63) is 34.3 Å². The van der Waals surface area contributed by atoms with E-state index in [1.807, 2.05) is 24.3 Å². The smallest absolute Gasteiger partial charge is 0.168 e. The summed E-state index contributed by atoms with van der Waals surface area (Å²) in [6.07, 6.45) is 2.58. The van der Waals surface area contributed by atoms with Crippen molar-refractivity contribution >= 4 is 27.4 Å². The van der Waals surface area contributed by atoms with Gasteiger partial charge in [-0.15, -0.1) is 0 Å². The molecule has 0 saturated heterocycles. The van der Waals surface area contributed by atoms with E-state index in [1.165, 1.54) is 0 Å². The zero-order valence-electron chi connectivity index (χ0n) is 8.37. The quantitative estimate of drug-likeness (QED) is 0.772. The topological polar surface area (TPSA) is 29.4 Å². The molecule has 2 nitrogen and oxygen atoms in total. The lowest BCUT2D eigenvalue weighted by molar-refractivity contribution is 0.100. The summed E-state index contributed by atoms with van der Waals surface area (Å²) in [5.41, 5.74) is 1.83. The highest BCUT2D eigenvalue weighted by atomic mass is 79.9. The third-order valence-corrected chi connectivity index (χ3v) is 3.02. The molecule has 0 N–H and O–H groups in total. The average Bonchev–Trinajstić information content (AvgIpc) is 2.71. The van der Waals surface area contributed by atoms with Gasteiger partial charge in [-0.25, -0.2) is 0 Å². The highest BCUT2D eigenvalue weighted by Crippen LogP contribution is 2.14. The molecular weight excluding hydrogens is 254 g/mol. The lowest BCUT2D eigenvalue weighted by Gasteiger charge is -2.00. The summed E-state index contributed by atoms with van der Waals surface area (Å²) < 4.78 is 0.997. The van der Waals surface area contributed by atoms with Gasteiger partial charge in [-0.3, -0.25) is 9.79 Å². The minimum Gasteiger partial charge on any atom is -0.294 e. The number of benzene rings is 1. The fraction of sp³-hybridized carbons (Fsp3) is 0.333. The fourth-order valence-corrected chi connectivity index (χ4v) is 1.93. The molecule has 0 spiro atoms. The van der Waals surface area contributed by atoms with Crippen LogP contribution < -0.4 is 0 Å². The number of carbonyl (C=O) groups excluding carboxylic acids is 1. The van der Waals surface area contributed by atoms with Gasteiger partial charge in [-0.2, -0.15) is 0 Å². The first-order valence-corrected chi connectivity index (χ1v) is 5.86. The number of carbonyl (C=O) groups is 1. The van der Waals surface area contributed by atoms with Crippen LogP contribution in [-0.2, 0) is 0 Å². The lowest BCUT2D eigenvalue weighted by Crippen LogP contribution is -2.05. The molecule has 0 aliphatic carbocycles. The van der Waals surface area contributed by atoms with Crippen molar-refractivity contribution in [2.45, 2.75) is 19.3 Å². The molecular formula is C12H12BrNO. The van der Waals surface area contributed by atoms with E-state index >= 15 is 0 Å². The molecule has 3 heteroatoms. The number of aliphatic imine (C=N–C) groups is 1. The van der Waals surface area contributed by atoms with Gasteiger partial charge >= 0.3 is 0 Å². The van der Waals surface area contributed by atoms with E-state index in [0.29, 0.717) is 6.42 Å². The Morgan fingerprint density at radius 2 is 2.07 bits per heavy atom. The fourth-order valence-electron chi connectivity index (χ4n) is 1.67. The second kappa shape index (κ2) is 4.71. The SMILES string of the molecule is O=C(CC1=NCCC1)c1ccc(Br)cc1. The Morgan fingerprint density at radius 1 is 1.33 bits per heavy atom. The van der Waals surface area contributed by atoms with Gasteiger partial charge in [0.15, 0.2) is 5.78 Å². The molecule has 1 heterocycles. The van der Waals surface area contributed by atoms with Crippen LogP contribution in [0.4, 0.5) is 0 Å². The molecule has 0 atom stereocenters. The molecule has 0 bridgehead atoms. The predicted octanol–water partition coefficient (Wildman–Crippen LogP) is 3.26. The minimum atomic E-state index is 0.170. The molecule has 15 heavy (non-hydrogen) atoms. The first kappa shape index (κ1) is 10.6. The number of nitrogens with zero attached hydrogens (tertiary/aromatic N) is 1. The largest absolute Gasteiger partial charge is 0.294 e. The number of hydrogen-bond donors (Lipinski definition) is 0. The Balaban J connectivity index is 2.04. The van der Waals surface area contributed by atoms with Crippen molar-refractivity contribution < 1.29 is 4.79 Å². The maximum Gasteiger partial charge on any atom is 0.168 e. The Kier molecular flexibility index (Phi) is 3.31. The van der Waals surface area contributed by atoms with Crippen molar-refractivity contribution in [2.75, 3.05) is 6.54 Å². The van der Waals surface area contributed by atoms with Gasteiger partial charge in [0.2, 0.25) is 0 Å². The summed E-state index contributed by atoms with van der Waals surface area (Å²) in [6.45, 7) is 0.892. The zero-order valence-corrected chi connectivity index (χ0v) is 9.96. The minimum absolute atomic E-state index is 0.170. The maximum absolute atomic E-state index is 11.8. The molecule has 0 radical (unpaired) electrons. The van der Waals surface area contributed by atoms with E-state index in [-0.39, 0.29) is 5.78 Å². The van der Waals surface area contributed by atoms with Gasteiger partial charge in [0.1, 0.15) is 0 Å². The van der Waals surface area contributed by atoms with E-state index in [2.05, 4.69) is 20.9 Å².